The van der Waals surface area contributed by atoms with E-state index in [1.807, 2.05) is 12.1 Å². The Morgan fingerprint density at radius 3 is 2.83 bits per heavy atom. The summed E-state index contributed by atoms with van der Waals surface area (Å²) in [5, 5.41) is 13.6. The van der Waals surface area contributed by atoms with Crippen LogP contribution >= 0.6 is 0 Å². The van der Waals surface area contributed by atoms with Gasteiger partial charge in [-0.3, -0.25) is 0 Å². The maximum atomic E-state index is 9.54. The van der Waals surface area contributed by atoms with Gasteiger partial charge in [-0.2, -0.15) is 0 Å². The summed E-state index contributed by atoms with van der Waals surface area (Å²) in [4.78, 5) is 4.84. The molecule has 0 amide bonds. The largest absolute Gasteiger partial charge is 0.504 e. The van der Waals surface area contributed by atoms with Gasteiger partial charge in [-0.1, -0.05) is 11.2 Å². The highest BCUT2D eigenvalue weighted by Gasteiger charge is 2.16. The highest BCUT2D eigenvalue weighted by atomic mass is 16.6. The van der Waals surface area contributed by atoms with Gasteiger partial charge in [-0.05, 0) is 48.6 Å². The van der Waals surface area contributed by atoms with Crippen LogP contribution in [-0.2, 0) is 4.84 Å². The summed E-state index contributed by atoms with van der Waals surface area (Å²) in [7, 11) is 3.10. The fourth-order valence-corrected chi connectivity index (χ4v) is 2.11. The van der Waals surface area contributed by atoms with Crippen LogP contribution in [0.5, 0.6) is 11.5 Å². The third-order valence-corrected chi connectivity index (χ3v) is 2.98. The first-order valence-electron chi connectivity index (χ1n) is 5.92. The van der Waals surface area contributed by atoms with E-state index in [1.165, 1.54) is 5.57 Å². The van der Waals surface area contributed by atoms with Crippen molar-refractivity contribution in [1.29, 1.82) is 0 Å². The Kier molecular flexibility index (Phi) is 3.87. The second-order valence-electron chi connectivity index (χ2n) is 4.17. The van der Waals surface area contributed by atoms with Crippen LogP contribution in [-0.4, -0.2) is 25.0 Å². The van der Waals surface area contributed by atoms with Crippen LogP contribution in [0, 0.1) is 0 Å². The third-order valence-electron chi connectivity index (χ3n) is 2.98. The fourth-order valence-electron chi connectivity index (χ4n) is 2.11. The van der Waals surface area contributed by atoms with Crippen molar-refractivity contribution in [3.05, 3.63) is 29.3 Å². The number of aromatic hydroxyl groups is 1. The van der Waals surface area contributed by atoms with Crippen molar-refractivity contribution in [1.82, 2.24) is 0 Å². The first kappa shape index (κ1) is 12.5. The first-order chi connectivity index (χ1) is 8.74. The van der Waals surface area contributed by atoms with Gasteiger partial charge in [0.1, 0.15) is 7.11 Å². The van der Waals surface area contributed by atoms with Crippen molar-refractivity contribution in [3.8, 4) is 11.5 Å². The number of methoxy groups -OCH3 is 1. The molecule has 0 radical (unpaired) electrons. The standard InChI is InChI=1S/C14H17NO3/c1-17-14-9-10(6-7-13(14)16)8-11-4-3-5-12(11)15-18-2/h6-9,16H,3-5H2,1-2H3/b11-8+,15-12+. The molecule has 1 fully saturated rings. The molecule has 0 aromatic heterocycles. The predicted octanol–water partition coefficient (Wildman–Crippen LogP) is 2.97. The maximum Gasteiger partial charge on any atom is 0.161 e. The molecule has 18 heavy (non-hydrogen) atoms. The number of benzene rings is 1. The molecule has 1 aliphatic carbocycles. The lowest BCUT2D eigenvalue weighted by Crippen LogP contribution is -1.94. The second-order valence-corrected chi connectivity index (χ2v) is 4.17. The van der Waals surface area contributed by atoms with Gasteiger partial charge in [-0.25, -0.2) is 0 Å². The Bertz CT molecular complexity index is 492. The predicted molar refractivity (Wildman–Crippen MR) is 70.9 cm³/mol. The number of phenolic OH excluding ortho intramolecular Hbond substituents is 1. The molecule has 1 aromatic rings. The van der Waals surface area contributed by atoms with Crippen molar-refractivity contribution in [2.75, 3.05) is 14.2 Å². The van der Waals surface area contributed by atoms with Crippen molar-refractivity contribution in [2.24, 2.45) is 5.16 Å². The van der Waals surface area contributed by atoms with Gasteiger partial charge in [0, 0.05) is 0 Å². The smallest absolute Gasteiger partial charge is 0.161 e. The average molecular weight is 247 g/mol. The topological polar surface area (TPSA) is 51.0 Å². The van der Waals surface area contributed by atoms with Crippen LogP contribution in [0.2, 0.25) is 0 Å². The lowest BCUT2D eigenvalue weighted by atomic mass is 10.1. The summed E-state index contributed by atoms with van der Waals surface area (Å²) >= 11 is 0. The molecular weight excluding hydrogens is 230 g/mol. The van der Waals surface area contributed by atoms with E-state index in [1.54, 1.807) is 20.3 Å². The van der Waals surface area contributed by atoms with Crippen LogP contribution in [0.15, 0.2) is 28.9 Å². The van der Waals surface area contributed by atoms with Crippen molar-refractivity contribution >= 4 is 11.8 Å². The number of oxime groups is 1. The van der Waals surface area contributed by atoms with Gasteiger partial charge < -0.3 is 14.7 Å². The Balaban J connectivity index is 2.30. The number of hydrogen-bond acceptors (Lipinski definition) is 4. The lowest BCUT2D eigenvalue weighted by Gasteiger charge is -2.05. The molecule has 0 aliphatic heterocycles. The van der Waals surface area contributed by atoms with Gasteiger partial charge in [-0.15, -0.1) is 0 Å². The molecule has 0 unspecified atom stereocenters. The van der Waals surface area contributed by atoms with Crippen molar-refractivity contribution in [3.63, 3.8) is 0 Å². The molecule has 0 saturated heterocycles. The van der Waals surface area contributed by atoms with E-state index in [0.717, 1.165) is 30.5 Å². The molecule has 96 valence electrons. The van der Waals surface area contributed by atoms with Gasteiger partial charge >= 0.3 is 0 Å². The van der Waals surface area contributed by atoms with Crippen LogP contribution in [0.1, 0.15) is 24.8 Å². The fraction of sp³-hybridized carbons (Fsp3) is 0.357. The Hall–Kier alpha value is -1.97. The monoisotopic (exact) mass is 247 g/mol. The number of rotatable bonds is 3. The zero-order valence-corrected chi connectivity index (χ0v) is 10.6. The van der Waals surface area contributed by atoms with Gasteiger partial charge in [0.25, 0.3) is 0 Å². The Morgan fingerprint density at radius 2 is 2.11 bits per heavy atom. The molecule has 0 heterocycles. The summed E-state index contributed by atoms with van der Waals surface area (Å²) in [5.74, 6) is 0.629. The summed E-state index contributed by atoms with van der Waals surface area (Å²) in [6.07, 6.45) is 5.12. The molecule has 1 saturated carbocycles. The quantitative estimate of drug-likeness (QED) is 0.835. The molecule has 4 nitrogen and oxygen atoms in total. The molecule has 0 spiro atoms. The highest BCUT2D eigenvalue weighted by Crippen LogP contribution is 2.29. The summed E-state index contributed by atoms with van der Waals surface area (Å²) < 4.78 is 5.09. The average Bonchev–Trinajstić information content (AvgIpc) is 2.80. The number of nitrogens with zero attached hydrogens (tertiary/aromatic N) is 1. The molecule has 0 atom stereocenters. The van der Waals surface area contributed by atoms with Gasteiger partial charge in [0.05, 0.1) is 12.8 Å². The molecule has 1 aromatic carbocycles. The third kappa shape index (κ3) is 2.64. The van der Waals surface area contributed by atoms with Crippen LogP contribution in [0.4, 0.5) is 0 Å². The first-order valence-corrected chi connectivity index (χ1v) is 5.92. The van der Waals surface area contributed by atoms with E-state index in [2.05, 4.69) is 11.2 Å². The summed E-state index contributed by atoms with van der Waals surface area (Å²) in [6, 6.07) is 5.30. The van der Waals surface area contributed by atoms with Crippen LogP contribution in [0.25, 0.3) is 6.08 Å². The zero-order chi connectivity index (χ0) is 13.0. The minimum atomic E-state index is 0.150. The number of allylic oxidation sites excluding steroid dienone is 1. The summed E-state index contributed by atoms with van der Waals surface area (Å²) in [6.45, 7) is 0. The highest BCUT2D eigenvalue weighted by molar-refractivity contribution is 6.05. The minimum absolute atomic E-state index is 0.150. The molecule has 4 heteroatoms. The number of ether oxygens (including phenoxy) is 1. The van der Waals surface area contributed by atoms with Crippen LogP contribution in [0.3, 0.4) is 0 Å². The Morgan fingerprint density at radius 1 is 1.28 bits per heavy atom. The van der Waals surface area contributed by atoms with E-state index in [-0.39, 0.29) is 5.75 Å². The molecule has 1 N–H and O–H groups in total. The van der Waals surface area contributed by atoms with Crippen molar-refractivity contribution < 1.29 is 14.7 Å². The number of phenols is 1. The van der Waals surface area contributed by atoms with E-state index >= 15 is 0 Å². The lowest BCUT2D eigenvalue weighted by molar-refractivity contribution is 0.213. The molecular formula is C14H17NO3. The SMILES string of the molecule is CO/N=C1\CCC\C1=C/c1ccc(O)c(OC)c1. The maximum absolute atomic E-state index is 9.54. The molecule has 1 aliphatic rings. The Labute approximate surface area is 107 Å². The van der Waals surface area contributed by atoms with Gasteiger partial charge in [0.15, 0.2) is 11.5 Å². The zero-order valence-electron chi connectivity index (χ0n) is 10.6. The van der Waals surface area contributed by atoms with E-state index in [9.17, 15) is 5.11 Å². The molecule has 0 bridgehead atoms. The van der Waals surface area contributed by atoms with E-state index < -0.39 is 0 Å². The van der Waals surface area contributed by atoms with Crippen molar-refractivity contribution in [2.45, 2.75) is 19.3 Å². The van der Waals surface area contributed by atoms with E-state index in [4.69, 9.17) is 9.57 Å². The summed E-state index contributed by atoms with van der Waals surface area (Å²) in [5.41, 5.74) is 3.18. The second kappa shape index (κ2) is 5.58. The molecule has 2 rings (SSSR count). The minimum Gasteiger partial charge on any atom is -0.504 e. The number of hydrogen-bond donors (Lipinski definition) is 1. The van der Waals surface area contributed by atoms with Crippen LogP contribution < -0.4 is 4.74 Å². The van der Waals surface area contributed by atoms with Gasteiger partial charge in [0.2, 0.25) is 0 Å². The normalized spacial score (nSPS) is 19.4. The van der Waals surface area contributed by atoms with E-state index in [0.29, 0.717) is 5.75 Å².